The fourth-order valence-electron chi connectivity index (χ4n) is 4.01. The van der Waals surface area contributed by atoms with Gasteiger partial charge < -0.3 is 14.5 Å². The van der Waals surface area contributed by atoms with Gasteiger partial charge in [-0.25, -0.2) is 0 Å². The van der Waals surface area contributed by atoms with Crippen molar-refractivity contribution in [2.45, 2.75) is 12.8 Å². The van der Waals surface area contributed by atoms with Crippen LogP contribution in [0.25, 0.3) is 0 Å². The van der Waals surface area contributed by atoms with E-state index in [1.54, 1.807) is 18.4 Å². The van der Waals surface area contributed by atoms with E-state index in [4.69, 9.17) is 4.74 Å². The molecule has 4 rings (SSSR count). The summed E-state index contributed by atoms with van der Waals surface area (Å²) in [5.41, 5.74) is 2.10. The Labute approximate surface area is 165 Å². The van der Waals surface area contributed by atoms with Crippen LogP contribution in [0.1, 0.15) is 21.7 Å². The molecule has 1 saturated heterocycles. The summed E-state index contributed by atoms with van der Waals surface area (Å²) in [5.74, 6) is 1.16. The number of fused-ring (bicyclic) bond motifs is 1. The van der Waals surface area contributed by atoms with Gasteiger partial charge in [0.05, 0.1) is 18.4 Å². The van der Waals surface area contributed by atoms with Crippen molar-refractivity contribution >= 4 is 22.9 Å². The van der Waals surface area contributed by atoms with Gasteiger partial charge in [0.15, 0.2) is 0 Å². The maximum atomic E-state index is 12.8. The molecule has 0 unspecified atom stereocenters. The molecule has 0 aliphatic carbocycles. The fourth-order valence-corrected chi connectivity index (χ4v) is 4.92. The van der Waals surface area contributed by atoms with Crippen LogP contribution in [0.15, 0.2) is 35.7 Å². The number of rotatable bonds is 5. The number of amides is 1. The first-order valence-corrected chi connectivity index (χ1v) is 10.6. The number of piperazine rings is 1. The molecule has 1 aromatic carbocycles. The largest absolute Gasteiger partial charge is 0.495 e. The summed E-state index contributed by atoms with van der Waals surface area (Å²) >= 11 is 1.72. The Morgan fingerprint density at radius 1 is 1.04 bits per heavy atom. The molecule has 2 aromatic rings. The molecule has 6 heteroatoms. The number of para-hydroxylation sites is 2. The van der Waals surface area contributed by atoms with Crippen molar-refractivity contribution in [3.63, 3.8) is 0 Å². The third kappa shape index (κ3) is 3.96. The van der Waals surface area contributed by atoms with Crippen molar-refractivity contribution in [3.05, 3.63) is 46.2 Å². The van der Waals surface area contributed by atoms with E-state index in [9.17, 15) is 4.79 Å². The lowest BCUT2D eigenvalue weighted by molar-refractivity contribution is 0.0739. The first-order valence-electron chi connectivity index (χ1n) is 9.72. The highest BCUT2D eigenvalue weighted by Crippen LogP contribution is 2.28. The summed E-state index contributed by atoms with van der Waals surface area (Å²) < 4.78 is 5.50. The molecule has 2 aliphatic heterocycles. The number of methoxy groups -OCH3 is 1. The average Bonchev–Trinajstić information content (AvgIpc) is 3.13. The second-order valence-electron chi connectivity index (χ2n) is 7.15. The Bertz CT molecular complexity index is 783. The van der Waals surface area contributed by atoms with Gasteiger partial charge in [-0.05, 0) is 36.4 Å². The first-order chi connectivity index (χ1) is 13.3. The zero-order valence-electron chi connectivity index (χ0n) is 15.9. The Morgan fingerprint density at radius 2 is 1.85 bits per heavy atom. The zero-order chi connectivity index (χ0) is 18.6. The van der Waals surface area contributed by atoms with Crippen molar-refractivity contribution in [2.24, 2.45) is 0 Å². The van der Waals surface area contributed by atoms with Gasteiger partial charge in [0, 0.05) is 50.7 Å². The van der Waals surface area contributed by atoms with Crippen LogP contribution in [0.3, 0.4) is 0 Å². The minimum absolute atomic E-state index is 0.219. The SMILES string of the molecule is COc1ccccc1N1CCN(CCN2CCCc3sccc3C2=O)CC1. The van der Waals surface area contributed by atoms with E-state index < -0.39 is 0 Å². The molecule has 2 aliphatic rings. The summed E-state index contributed by atoms with van der Waals surface area (Å²) in [6.45, 7) is 6.66. The zero-order valence-corrected chi connectivity index (χ0v) is 16.7. The van der Waals surface area contributed by atoms with Crippen LogP contribution in [0.5, 0.6) is 5.75 Å². The number of ether oxygens (including phenoxy) is 1. The second kappa shape index (κ2) is 8.31. The Morgan fingerprint density at radius 3 is 2.67 bits per heavy atom. The number of carbonyl (C=O) groups excluding carboxylic acids is 1. The molecule has 1 aromatic heterocycles. The van der Waals surface area contributed by atoms with Crippen molar-refractivity contribution in [3.8, 4) is 5.75 Å². The van der Waals surface area contributed by atoms with Crippen LogP contribution in [0.2, 0.25) is 0 Å². The van der Waals surface area contributed by atoms with Crippen LogP contribution >= 0.6 is 11.3 Å². The number of anilines is 1. The highest BCUT2D eigenvalue weighted by Gasteiger charge is 2.25. The third-order valence-electron chi connectivity index (χ3n) is 5.58. The van der Waals surface area contributed by atoms with E-state index in [0.29, 0.717) is 0 Å². The normalized spacial score (nSPS) is 18.3. The lowest BCUT2D eigenvalue weighted by Crippen LogP contribution is -2.49. The standard InChI is InChI=1S/C21H27N3O2S/c1-26-19-6-3-2-5-18(19)23-13-10-22(11-14-23)12-15-24-9-4-7-20-17(21(24)25)8-16-27-20/h2-3,5-6,8,16H,4,7,9-15H2,1H3. The highest BCUT2D eigenvalue weighted by atomic mass is 32.1. The molecule has 144 valence electrons. The van der Waals surface area contributed by atoms with Crippen LogP contribution < -0.4 is 9.64 Å². The molecule has 1 fully saturated rings. The average molecular weight is 386 g/mol. The van der Waals surface area contributed by atoms with Crippen molar-refractivity contribution in [1.29, 1.82) is 0 Å². The number of thiophene rings is 1. The van der Waals surface area contributed by atoms with E-state index in [1.807, 2.05) is 28.5 Å². The molecule has 0 radical (unpaired) electrons. The number of benzene rings is 1. The predicted octanol–water partition coefficient (Wildman–Crippen LogP) is 2.97. The molecular formula is C21H27N3O2S. The quantitative estimate of drug-likeness (QED) is 0.793. The summed E-state index contributed by atoms with van der Waals surface area (Å²) in [7, 11) is 1.73. The second-order valence-corrected chi connectivity index (χ2v) is 8.15. The number of hydrogen-bond donors (Lipinski definition) is 0. The van der Waals surface area contributed by atoms with Crippen LogP contribution in [-0.4, -0.2) is 68.6 Å². The van der Waals surface area contributed by atoms with Gasteiger partial charge in [0.1, 0.15) is 5.75 Å². The molecule has 0 atom stereocenters. The molecule has 1 amide bonds. The molecule has 3 heterocycles. The van der Waals surface area contributed by atoms with Gasteiger partial charge in [0.25, 0.3) is 5.91 Å². The minimum atomic E-state index is 0.219. The van der Waals surface area contributed by atoms with Gasteiger partial charge in [-0.15, -0.1) is 11.3 Å². The monoisotopic (exact) mass is 385 g/mol. The smallest absolute Gasteiger partial charge is 0.255 e. The van der Waals surface area contributed by atoms with Gasteiger partial charge in [0.2, 0.25) is 0 Å². The van der Waals surface area contributed by atoms with Crippen LogP contribution in [0.4, 0.5) is 5.69 Å². The summed E-state index contributed by atoms with van der Waals surface area (Å²) in [6.07, 6.45) is 2.10. The van der Waals surface area contributed by atoms with Gasteiger partial charge in [-0.3, -0.25) is 9.69 Å². The van der Waals surface area contributed by atoms with Gasteiger partial charge in [-0.2, -0.15) is 0 Å². The van der Waals surface area contributed by atoms with E-state index in [-0.39, 0.29) is 5.91 Å². The predicted molar refractivity (Wildman–Crippen MR) is 110 cm³/mol. The number of nitrogens with zero attached hydrogens (tertiary/aromatic N) is 3. The molecule has 0 spiro atoms. The van der Waals surface area contributed by atoms with Gasteiger partial charge >= 0.3 is 0 Å². The van der Waals surface area contributed by atoms with E-state index in [0.717, 1.165) is 70.0 Å². The number of hydrogen-bond acceptors (Lipinski definition) is 5. The van der Waals surface area contributed by atoms with Crippen LogP contribution in [-0.2, 0) is 6.42 Å². The Balaban J connectivity index is 1.30. The maximum Gasteiger partial charge on any atom is 0.255 e. The lowest BCUT2D eigenvalue weighted by Gasteiger charge is -2.37. The highest BCUT2D eigenvalue weighted by molar-refractivity contribution is 7.10. The van der Waals surface area contributed by atoms with Crippen molar-refractivity contribution in [2.75, 3.05) is 57.8 Å². The Hall–Kier alpha value is -2.05. The van der Waals surface area contributed by atoms with Crippen molar-refractivity contribution < 1.29 is 9.53 Å². The number of carbonyl (C=O) groups is 1. The van der Waals surface area contributed by atoms with E-state index in [2.05, 4.69) is 21.9 Å². The molecule has 5 nitrogen and oxygen atoms in total. The maximum absolute atomic E-state index is 12.8. The number of aryl methyl sites for hydroxylation is 1. The summed E-state index contributed by atoms with van der Waals surface area (Å²) in [5, 5.41) is 2.04. The molecule has 27 heavy (non-hydrogen) atoms. The van der Waals surface area contributed by atoms with Crippen LogP contribution in [0, 0.1) is 0 Å². The molecule has 0 N–H and O–H groups in total. The topological polar surface area (TPSA) is 36.0 Å². The fraction of sp³-hybridized carbons (Fsp3) is 0.476. The van der Waals surface area contributed by atoms with E-state index >= 15 is 0 Å². The van der Waals surface area contributed by atoms with Crippen molar-refractivity contribution in [1.82, 2.24) is 9.80 Å². The third-order valence-corrected chi connectivity index (χ3v) is 6.56. The van der Waals surface area contributed by atoms with E-state index in [1.165, 1.54) is 10.6 Å². The molecule has 0 saturated carbocycles. The lowest BCUT2D eigenvalue weighted by atomic mass is 10.2. The minimum Gasteiger partial charge on any atom is -0.495 e. The summed E-state index contributed by atoms with van der Waals surface area (Å²) in [4.78, 5) is 20.9. The molecular weight excluding hydrogens is 358 g/mol. The first kappa shape index (κ1) is 18.3. The van der Waals surface area contributed by atoms with Gasteiger partial charge in [-0.1, -0.05) is 12.1 Å². The molecule has 0 bridgehead atoms. The Kier molecular flexibility index (Phi) is 5.64. The summed E-state index contributed by atoms with van der Waals surface area (Å²) in [6, 6.07) is 10.2.